The molecule has 0 unspecified atom stereocenters. The van der Waals surface area contributed by atoms with Crippen molar-refractivity contribution in [3.05, 3.63) is 60.2 Å². The molecule has 0 spiro atoms. The molecule has 0 radical (unpaired) electrons. The van der Waals surface area contributed by atoms with Gasteiger partial charge >= 0.3 is 5.97 Å². The molecule has 21 heavy (non-hydrogen) atoms. The van der Waals surface area contributed by atoms with E-state index < -0.39 is 0 Å². The van der Waals surface area contributed by atoms with Crippen LogP contribution < -0.4 is 9.47 Å². The Hall–Kier alpha value is -2.29. The van der Waals surface area contributed by atoms with Crippen LogP contribution in [-0.2, 0) is 0 Å². The third kappa shape index (κ3) is 4.95. The van der Waals surface area contributed by atoms with Crippen LogP contribution in [0.4, 0.5) is 0 Å². The molecule has 0 amide bonds. The Kier molecular flexibility index (Phi) is 5.38. The number of rotatable bonds is 6. The smallest absolute Gasteiger partial charge is 0.343 e. The maximum absolute atomic E-state index is 12.0. The molecule has 2 rings (SSSR count). The Morgan fingerprint density at radius 2 is 1.62 bits per heavy atom. The van der Waals surface area contributed by atoms with Crippen molar-refractivity contribution in [2.45, 2.75) is 20.3 Å². The van der Waals surface area contributed by atoms with Crippen LogP contribution in [0.15, 0.2) is 54.6 Å². The summed E-state index contributed by atoms with van der Waals surface area (Å²) in [5.74, 6) is 1.56. The summed E-state index contributed by atoms with van der Waals surface area (Å²) >= 11 is 0. The fourth-order valence-corrected chi connectivity index (χ4v) is 1.75. The van der Waals surface area contributed by atoms with E-state index in [9.17, 15) is 4.79 Å². The molecule has 110 valence electrons. The van der Waals surface area contributed by atoms with Gasteiger partial charge in [0.15, 0.2) is 0 Å². The summed E-state index contributed by atoms with van der Waals surface area (Å²) in [5.41, 5.74) is 0.509. The SMILES string of the molecule is CC(C)CCOc1ccc(C(=O)Oc2ccccc2)cc1. The lowest BCUT2D eigenvalue weighted by atomic mass is 10.1. The summed E-state index contributed by atoms with van der Waals surface area (Å²) in [4.78, 5) is 12.0. The molecule has 3 nitrogen and oxygen atoms in total. The summed E-state index contributed by atoms with van der Waals surface area (Å²) in [6, 6.07) is 16.1. The molecule has 0 bridgehead atoms. The van der Waals surface area contributed by atoms with Crippen LogP contribution in [0, 0.1) is 5.92 Å². The van der Waals surface area contributed by atoms with Crippen molar-refractivity contribution in [3.8, 4) is 11.5 Å². The molecule has 3 heteroatoms. The Bertz CT molecular complexity index is 559. The molecular weight excluding hydrogens is 264 g/mol. The minimum Gasteiger partial charge on any atom is -0.494 e. The van der Waals surface area contributed by atoms with Crippen LogP contribution in [0.2, 0.25) is 0 Å². The lowest BCUT2D eigenvalue weighted by molar-refractivity contribution is 0.0735. The molecule has 0 aromatic heterocycles. The minimum absolute atomic E-state index is 0.366. The Morgan fingerprint density at radius 3 is 2.24 bits per heavy atom. The van der Waals surface area contributed by atoms with Gasteiger partial charge in [0.25, 0.3) is 0 Å². The number of hydrogen-bond acceptors (Lipinski definition) is 3. The van der Waals surface area contributed by atoms with Crippen molar-refractivity contribution in [1.29, 1.82) is 0 Å². The fourth-order valence-electron chi connectivity index (χ4n) is 1.75. The largest absolute Gasteiger partial charge is 0.494 e. The van der Waals surface area contributed by atoms with Crippen LogP contribution in [0.3, 0.4) is 0 Å². The third-order valence-corrected chi connectivity index (χ3v) is 3.01. The summed E-state index contributed by atoms with van der Waals surface area (Å²) in [6.07, 6.45) is 1.01. The molecule has 0 N–H and O–H groups in total. The average molecular weight is 284 g/mol. The molecule has 2 aromatic carbocycles. The molecule has 0 aliphatic heterocycles. The van der Waals surface area contributed by atoms with Gasteiger partial charge in [-0.1, -0.05) is 32.0 Å². The molecule has 0 atom stereocenters. The number of hydrogen-bond donors (Lipinski definition) is 0. The molecule has 0 aliphatic carbocycles. The first-order valence-corrected chi connectivity index (χ1v) is 7.15. The molecule has 0 saturated heterocycles. The summed E-state index contributed by atoms with van der Waals surface area (Å²) in [5, 5.41) is 0. The van der Waals surface area contributed by atoms with Gasteiger partial charge in [-0.3, -0.25) is 0 Å². The van der Waals surface area contributed by atoms with Gasteiger partial charge in [-0.15, -0.1) is 0 Å². The maximum Gasteiger partial charge on any atom is 0.343 e. The van der Waals surface area contributed by atoms with Crippen LogP contribution in [-0.4, -0.2) is 12.6 Å². The number of carbonyl (C=O) groups is 1. The predicted molar refractivity (Wildman–Crippen MR) is 82.8 cm³/mol. The monoisotopic (exact) mass is 284 g/mol. The topological polar surface area (TPSA) is 35.5 Å². The van der Waals surface area contributed by atoms with Crippen LogP contribution in [0.25, 0.3) is 0 Å². The van der Waals surface area contributed by atoms with Crippen LogP contribution >= 0.6 is 0 Å². The lowest BCUT2D eigenvalue weighted by Gasteiger charge is -2.08. The van der Waals surface area contributed by atoms with Crippen molar-refractivity contribution < 1.29 is 14.3 Å². The second kappa shape index (κ2) is 7.48. The molecule has 0 fully saturated rings. The van der Waals surface area contributed by atoms with E-state index in [4.69, 9.17) is 9.47 Å². The Morgan fingerprint density at radius 1 is 0.952 bits per heavy atom. The van der Waals surface area contributed by atoms with Crippen LogP contribution in [0.5, 0.6) is 11.5 Å². The predicted octanol–water partition coefficient (Wildman–Crippen LogP) is 4.33. The van der Waals surface area contributed by atoms with E-state index >= 15 is 0 Å². The quantitative estimate of drug-likeness (QED) is 0.585. The first-order valence-electron chi connectivity index (χ1n) is 7.15. The first kappa shape index (κ1) is 15.1. The number of esters is 1. The average Bonchev–Trinajstić information content (AvgIpc) is 2.48. The van der Waals surface area contributed by atoms with Gasteiger partial charge < -0.3 is 9.47 Å². The Labute approximate surface area is 125 Å². The summed E-state index contributed by atoms with van der Waals surface area (Å²) in [6.45, 7) is 5.00. The molecule has 0 aliphatic rings. The highest BCUT2D eigenvalue weighted by Crippen LogP contribution is 2.16. The van der Waals surface area contributed by atoms with Crippen molar-refractivity contribution in [1.82, 2.24) is 0 Å². The second-order valence-electron chi connectivity index (χ2n) is 5.26. The van der Waals surface area contributed by atoms with E-state index in [1.807, 2.05) is 18.2 Å². The van der Waals surface area contributed by atoms with Crippen molar-refractivity contribution in [3.63, 3.8) is 0 Å². The van der Waals surface area contributed by atoms with Gasteiger partial charge in [-0.2, -0.15) is 0 Å². The van der Waals surface area contributed by atoms with Gasteiger partial charge in [0, 0.05) is 0 Å². The van der Waals surface area contributed by atoms with Gasteiger partial charge in [-0.05, 0) is 48.7 Å². The molecule has 2 aromatic rings. The lowest BCUT2D eigenvalue weighted by Crippen LogP contribution is -2.08. The van der Waals surface area contributed by atoms with Crippen molar-refractivity contribution >= 4 is 5.97 Å². The highest BCUT2D eigenvalue weighted by Gasteiger charge is 2.08. The number of para-hydroxylation sites is 1. The summed E-state index contributed by atoms with van der Waals surface area (Å²) in [7, 11) is 0. The fraction of sp³-hybridized carbons (Fsp3) is 0.278. The summed E-state index contributed by atoms with van der Waals surface area (Å²) < 4.78 is 10.9. The normalized spacial score (nSPS) is 10.4. The molecule has 0 heterocycles. The maximum atomic E-state index is 12.0. The van der Waals surface area contributed by atoms with E-state index in [0.717, 1.165) is 12.2 Å². The van der Waals surface area contributed by atoms with Gasteiger partial charge in [-0.25, -0.2) is 4.79 Å². The third-order valence-electron chi connectivity index (χ3n) is 3.01. The van der Waals surface area contributed by atoms with E-state index in [0.29, 0.717) is 23.8 Å². The minimum atomic E-state index is -0.366. The first-order chi connectivity index (χ1) is 10.1. The number of ether oxygens (including phenoxy) is 2. The van der Waals surface area contributed by atoms with Crippen LogP contribution in [0.1, 0.15) is 30.6 Å². The van der Waals surface area contributed by atoms with E-state index in [-0.39, 0.29) is 5.97 Å². The zero-order valence-electron chi connectivity index (χ0n) is 12.4. The second-order valence-corrected chi connectivity index (χ2v) is 5.26. The highest BCUT2D eigenvalue weighted by molar-refractivity contribution is 5.91. The highest BCUT2D eigenvalue weighted by atomic mass is 16.5. The zero-order chi connectivity index (χ0) is 15.1. The van der Waals surface area contributed by atoms with E-state index in [2.05, 4.69) is 13.8 Å². The molecule has 0 saturated carbocycles. The van der Waals surface area contributed by atoms with Gasteiger partial charge in [0.2, 0.25) is 0 Å². The van der Waals surface area contributed by atoms with Crippen molar-refractivity contribution in [2.75, 3.05) is 6.61 Å². The van der Waals surface area contributed by atoms with E-state index in [1.165, 1.54) is 0 Å². The van der Waals surface area contributed by atoms with Gasteiger partial charge in [0.05, 0.1) is 12.2 Å². The van der Waals surface area contributed by atoms with E-state index in [1.54, 1.807) is 36.4 Å². The standard InChI is InChI=1S/C18H20O3/c1-14(2)12-13-20-16-10-8-15(9-11-16)18(19)21-17-6-4-3-5-7-17/h3-11,14H,12-13H2,1-2H3. The number of benzene rings is 2. The van der Waals surface area contributed by atoms with Crippen molar-refractivity contribution in [2.24, 2.45) is 5.92 Å². The zero-order valence-corrected chi connectivity index (χ0v) is 12.4. The van der Waals surface area contributed by atoms with Gasteiger partial charge in [0.1, 0.15) is 11.5 Å². The Balaban J connectivity index is 1.91. The number of carbonyl (C=O) groups excluding carboxylic acids is 1. The molecular formula is C18H20O3.